The molecule has 2 aromatic carbocycles. The Morgan fingerprint density at radius 3 is 2.04 bits per heavy atom. The summed E-state index contributed by atoms with van der Waals surface area (Å²) in [5.41, 5.74) is 1.86. The molecular formula is C19H21NO5. The summed E-state index contributed by atoms with van der Waals surface area (Å²) in [5, 5.41) is 2.70. The molecule has 1 atom stereocenters. The minimum Gasteiger partial charge on any atom is -0.496 e. The van der Waals surface area contributed by atoms with Crippen molar-refractivity contribution < 1.29 is 23.8 Å². The van der Waals surface area contributed by atoms with Crippen LogP contribution >= 0.6 is 0 Å². The predicted octanol–water partition coefficient (Wildman–Crippen LogP) is 3.20. The van der Waals surface area contributed by atoms with Crippen LogP contribution in [-0.4, -0.2) is 32.2 Å². The van der Waals surface area contributed by atoms with E-state index in [0.29, 0.717) is 17.2 Å². The van der Waals surface area contributed by atoms with E-state index in [4.69, 9.17) is 14.2 Å². The highest BCUT2D eigenvalue weighted by atomic mass is 16.6. The maximum absolute atomic E-state index is 12.5. The van der Waals surface area contributed by atoms with Crippen LogP contribution in [0.1, 0.15) is 22.8 Å². The van der Waals surface area contributed by atoms with Gasteiger partial charge < -0.3 is 19.5 Å². The molecule has 0 spiro atoms. The molecule has 0 fully saturated rings. The van der Waals surface area contributed by atoms with Gasteiger partial charge in [-0.2, -0.15) is 0 Å². The Kier molecular flexibility index (Phi) is 6.00. The number of amides is 1. The maximum Gasteiger partial charge on any atom is 0.346 e. The number of carbonyl (C=O) groups excluding carboxylic acids is 2. The van der Waals surface area contributed by atoms with Crippen molar-refractivity contribution >= 4 is 17.6 Å². The lowest BCUT2D eigenvalue weighted by Gasteiger charge is -2.16. The van der Waals surface area contributed by atoms with Crippen molar-refractivity contribution in [1.82, 2.24) is 0 Å². The number of anilines is 1. The van der Waals surface area contributed by atoms with Gasteiger partial charge in [0.05, 0.1) is 14.2 Å². The average Bonchev–Trinajstić information content (AvgIpc) is 2.62. The predicted molar refractivity (Wildman–Crippen MR) is 94.2 cm³/mol. The molecule has 0 aromatic heterocycles. The van der Waals surface area contributed by atoms with Crippen LogP contribution in [-0.2, 0) is 9.53 Å². The summed E-state index contributed by atoms with van der Waals surface area (Å²) in [6, 6.07) is 12.3. The van der Waals surface area contributed by atoms with Crippen LogP contribution in [0, 0.1) is 6.92 Å². The first kappa shape index (κ1) is 18.3. The zero-order valence-corrected chi connectivity index (χ0v) is 14.7. The van der Waals surface area contributed by atoms with E-state index in [-0.39, 0.29) is 5.56 Å². The number of rotatable bonds is 6. The van der Waals surface area contributed by atoms with E-state index < -0.39 is 18.0 Å². The van der Waals surface area contributed by atoms with E-state index in [9.17, 15) is 9.59 Å². The van der Waals surface area contributed by atoms with E-state index in [1.165, 1.54) is 21.1 Å². The molecule has 132 valence electrons. The van der Waals surface area contributed by atoms with Crippen LogP contribution < -0.4 is 14.8 Å². The number of carbonyl (C=O) groups is 2. The molecule has 0 aliphatic carbocycles. The van der Waals surface area contributed by atoms with Gasteiger partial charge >= 0.3 is 5.97 Å². The van der Waals surface area contributed by atoms with Gasteiger partial charge in [0.15, 0.2) is 6.10 Å². The largest absolute Gasteiger partial charge is 0.496 e. The summed E-state index contributed by atoms with van der Waals surface area (Å²) >= 11 is 0. The molecule has 0 aliphatic rings. The van der Waals surface area contributed by atoms with Gasteiger partial charge in [-0.15, -0.1) is 0 Å². The van der Waals surface area contributed by atoms with E-state index >= 15 is 0 Å². The number of esters is 1. The van der Waals surface area contributed by atoms with Crippen molar-refractivity contribution in [3.8, 4) is 11.5 Å². The van der Waals surface area contributed by atoms with Crippen molar-refractivity contribution in [3.63, 3.8) is 0 Å². The lowest BCUT2D eigenvalue weighted by Crippen LogP contribution is -2.30. The van der Waals surface area contributed by atoms with Crippen LogP contribution in [0.4, 0.5) is 5.69 Å². The number of hydrogen-bond acceptors (Lipinski definition) is 5. The second-order valence-corrected chi connectivity index (χ2v) is 5.44. The molecule has 0 heterocycles. The standard InChI is InChI=1S/C19H21NO5/c1-12-8-10-14(11-9-12)20-18(21)13(2)25-19(22)17-15(23-3)6-5-7-16(17)24-4/h5-11,13H,1-4H3,(H,20,21)/t13-/m1/s1. The highest BCUT2D eigenvalue weighted by Crippen LogP contribution is 2.29. The fourth-order valence-electron chi connectivity index (χ4n) is 2.21. The van der Waals surface area contributed by atoms with Crippen LogP contribution in [0.25, 0.3) is 0 Å². The zero-order valence-electron chi connectivity index (χ0n) is 14.7. The van der Waals surface area contributed by atoms with Crippen LogP contribution in [0.3, 0.4) is 0 Å². The summed E-state index contributed by atoms with van der Waals surface area (Å²) in [6.07, 6.45) is -0.983. The van der Waals surface area contributed by atoms with Gasteiger partial charge in [-0.1, -0.05) is 23.8 Å². The molecule has 6 heteroatoms. The second kappa shape index (κ2) is 8.19. The highest BCUT2D eigenvalue weighted by Gasteiger charge is 2.24. The monoisotopic (exact) mass is 343 g/mol. The second-order valence-electron chi connectivity index (χ2n) is 5.44. The molecule has 2 aromatic rings. The molecule has 6 nitrogen and oxygen atoms in total. The van der Waals surface area contributed by atoms with E-state index in [2.05, 4.69) is 5.32 Å². The summed E-state index contributed by atoms with van der Waals surface area (Å²) in [7, 11) is 2.89. The quantitative estimate of drug-likeness (QED) is 0.816. The molecule has 0 radical (unpaired) electrons. The summed E-state index contributed by atoms with van der Waals surface area (Å²) in [5.74, 6) is -0.488. The molecule has 0 unspecified atom stereocenters. The average molecular weight is 343 g/mol. The molecule has 1 N–H and O–H groups in total. The third-order valence-electron chi connectivity index (χ3n) is 3.60. The van der Waals surface area contributed by atoms with Gasteiger partial charge in [0.25, 0.3) is 5.91 Å². The fraction of sp³-hybridized carbons (Fsp3) is 0.263. The molecule has 0 saturated heterocycles. The molecule has 0 aliphatic heterocycles. The maximum atomic E-state index is 12.5. The van der Waals surface area contributed by atoms with Crippen molar-refractivity contribution in [1.29, 1.82) is 0 Å². The van der Waals surface area contributed by atoms with Crippen LogP contribution in [0.15, 0.2) is 42.5 Å². The van der Waals surface area contributed by atoms with Crippen molar-refractivity contribution in [2.75, 3.05) is 19.5 Å². The van der Waals surface area contributed by atoms with Gasteiger partial charge in [-0.05, 0) is 38.1 Å². The minimum absolute atomic E-state index is 0.141. The lowest BCUT2D eigenvalue weighted by atomic mass is 10.1. The molecular weight excluding hydrogens is 322 g/mol. The number of ether oxygens (including phenoxy) is 3. The van der Waals surface area contributed by atoms with E-state index in [1.54, 1.807) is 30.3 Å². The van der Waals surface area contributed by atoms with Gasteiger partial charge in [0, 0.05) is 5.69 Å². The third kappa shape index (κ3) is 4.50. The topological polar surface area (TPSA) is 73.9 Å². The Morgan fingerprint density at radius 1 is 0.960 bits per heavy atom. The number of benzene rings is 2. The Hall–Kier alpha value is -3.02. The Bertz CT molecular complexity index is 733. The normalized spacial score (nSPS) is 11.4. The van der Waals surface area contributed by atoms with Crippen molar-refractivity contribution in [3.05, 3.63) is 53.6 Å². The first-order valence-electron chi connectivity index (χ1n) is 7.75. The third-order valence-corrected chi connectivity index (χ3v) is 3.60. The Balaban J connectivity index is 2.09. The van der Waals surface area contributed by atoms with Gasteiger partial charge in [0.2, 0.25) is 0 Å². The smallest absolute Gasteiger partial charge is 0.346 e. The van der Waals surface area contributed by atoms with Crippen molar-refractivity contribution in [2.45, 2.75) is 20.0 Å². The Morgan fingerprint density at radius 2 is 1.52 bits per heavy atom. The molecule has 0 bridgehead atoms. The molecule has 2 rings (SSSR count). The van der Waals surface area contributed by atoms with E-state index in [1.807, 2.05) is 19.1 Å². The zero-order chi connectivity index (χ0) is 18.4. The summed E-state index contributed by atoms with van der Waals surface area (Å²) < 4.78 is 15.6. The number of methoxy groups -OCH3 is 2. The first-order valence-corrected chi connectivity index (χ1v) is 7.75. The molecule has 25 heavy (non-hydrogen) atoms. The van der Waals surface area contributed by atoms with E-state index in [0.717, 1.165) is 5.56 Å². The first-order chi connectivity index (χ1) is 12.0. The number of aryl methyl sites for hydroxylation is 1. The minimum atomic E-state index is -0.983. The van der Waals surface area contributed by atoms with Crippen LogP contribution in [0.2, 0.25) is 0 Å². The fourth-order valence-corrected chi connectivity index (χ4v) is 2.21. The summed E-state index contributed by atoms with van der Waals surface area (Å²) in [6.45, 7) is 3.46. The lowest BCUT2D eigenvalue weighted by molar-refractivity contribution is -0.123. The van der Waals surface area contributed by atoms with Gasteiger partial charge in [-0.3, -0.25) is 4.79 Å². The summed E-state index contributed by atoms with van der Waals surface area (Å²) in [4.78, 5) is 24.7. The van der Waals surface area contributed by atoms with Crippen LogP contribution in [0.5, 0.6) is 11.5 Å². The van der Waals surface area contributed by atoms with Crippen molar-refractivity contribution in [2.24, 2.45) is 0 Å². The van der Waals surface area contributed by atoms with Gasteiger partial charge in [0.1, 0.15) is 17.1 Å². The highest BCUT2D eigenvalue weighted by molar-refractivity contribution is 5.99. The van der Waals surface area contributed by atoms with Gasteiger partial charge in [-0.25, -0.2) is 4.79 Å². The molecule has 0 saturated carbocycles. The Labute approximate surface area is 146 Å². The SMILES string of the molecule is COc1cccc(OC)c1C(=O)O[C@H](C)C(=O)Nc1ccc(C)cc1. The number of hydrogen-bond donors (Lipinski definition) is 1. The molecule has 1 amide bonds. The number of nitrogens with one attached hydrogen (secondary N) is 1.